The van der Waals surface area contributed by atoms with E-state index in [1.807, 2.05) is 18.2 Å². The highest BCUT2D eigenvalue weighted by Crippen LogP contribution is 2.57. The van der Waals surface area contributed by atoms with Crippen LogP contribution < -0.4 is 0 Å². The fraction of sp³-hybridized carbons (Fsp3) is 0.450. The standard InChI is InChI=1S/C20H22OS2/c1-19-9-10-20(22-11-12-23-20)14-17(19)8-7-16(18(19)21)13-15-5-3-2-4-6-15/h2-6,13-14H,7-12H2,1H3. The molecule has 0 N–H and O–H groups in total. The smallest absolute Gasteiger partial charge is 0.168 e. The van der Waals surface area contributed by atoms with E-state index >= 15 is 0 Å². The predicted molar refractivity (Wildman–Crippen MR) is 102 cm³/mol. The van der Waals surface area contributed by atoms with Crippen LogP contribution in [0.25, 0.3) is 6.08 Å². The van der Waals surface area contributed by atoms with Gasteiger partial charge in [0, 0.05) is 11.5 Å². The van der Waals surface area contributed by atoms with Gasteiger partial charge in [0.05, 0.1) is 9.49 Å². The van der Waals surface area contributed by atoms with E-state index < -0.39 is 0 Å². The predicted octanol–water partition coefficient (Wildman–Crippen LogP) is 5.34. The van der Waals surface area contributed by atoms with Crippen LogP contribution in [-0.4, -0.2) is 21.4 Å². The Labute approximate surface area is 147 Å². The molecule has 1 nitrogen and oxygen atoms in total. The van der Waals surface area contributed by atoms with Gasteiger partial charge in [-0.1, -0.05) is 42.0 Å². The van der Waals surface area contributed by atoms with Gasteiger partial charge in [-0.15, -0.1) is 23.5 Å². The zero-order valence-corrected chi connectivity index (χ0v) is 15.1. The van der Waals surface area contributed by atoms with E-state index in [9.17, 15) is 4.79 Å². The third-order valence-electron chi connectivity index (χ3n) is 5.45. The zero-order valence-electron chi connectivity index (χ0n) is 13.5. The molecular weight excluding hydrogens is 320 g/mol. The average Bonchev–Trinajstić information content (AvgIpc) is 3.02. The second-order valence-corrected chi connectivity index (χ2v) is 10.0. The highest BCUT2D eigenvalue weighted by molar-refractivity contribution is 8.21. The van der Waals surface area contributed by atoms with Crippen molar-refractivity contribution >= 4 is 35.4 Å². The maximum absolute atomic E-state index is 13.2. The van der Waals surface area contributed by atoms with E-state index in [-0.39, 0.29) is 9.49 Å². The van der Waals surface area contributed by atoms with Gasteiger partial charge < -0.3 is 0 Å². The number of allylic oxidation sites excluding steroid dienone is 2. The van der Waals surface area contributed by atoms with Crippen LogP contribution in [0.15, 0.2) is 47.6 Å². The molecule has 0 bridgehead atoms. The maximum atomic E-state index is 13.2. The van der Waals surface area contributed by atoms with E-state index in [4.69, 9.17) is 0 Å². The summed E-state index contributed by atoms with van der Waals surface area (Å²) in [4.78, 5) is 13.2. The summed E-state index contributed by atoms with van der Waals surface area (Å²) in [6.07, 6.45) is 8.64. The molecule has 1 aromatic carbocycles. The summed E-state index contributed by atoms with van der Waals surface area (Å²) in [5.74, 6) is 2.86. The summed E-state index contributed by atoms with van der Waals surface area (Å²) in [5.41, 5.74) is 3.30. The molecule has 2 aliphatic carbocycles. The molecule has 3 heteroatoms. The van der Waals surface area contributed by atoms with Gasteiger partial charge >= 0.3 is 0 Å². The molecule has 1 saturated heterocycles. The first-order chi connectivity index (χ1) is 11.1. The molecule has 1 aromatic rings. The van der Waals surface area contributed by atoms with E-state index in [1.54, 1.807) is 0 Å². The molecule has 3 aliphatic rings. The summed E-state index contributed by atoms with van der Waals surface area (Å²) < 4.78 is 0.274. The second-order valence-electron chi connectivity index (χ2n) is 6.92. The van der Waals surface area contributed by atoms with Crippen molar-refractivity contribution in [1.29, 1.82) is 0 Å². The topological polar surface area (TPSA) is 17.1 Å². The summed E-state index contributed by atoms with van der Waals surface area (Å²) in [6, 6.07) is 10.2. The van der Waals surface area contributed by atoms with E-state index in [0.717, 1.165) is 36.8 Å². The van der Waals surface area contributed by atoms with Crippen LogP contribution in [0.1, 0.15) is 38.2 Å². The number of hydrogen-bond acceptors (Lipinski definition) is 3. The van der Waals surface area contributed by atoms with Crippen LogP contribution in [0.5, 0.6) is 0 Å². The van der Waals surface area contributed by atoms with E-state index in [1.165, 1.54) is 17.1 Å². The minimum Gasteiger partial charge on any atom is -0.294 e. The van der Waals surface area contributed by atoms with E-state index in [0.29, 0.717) is 5.78 Å². The lowest BCUT2D eigenvalue weighted by Crippen LogP contribution is -2.40. The van der Waals surface area contributed by atoms with Crippen molar-refractivity contribution < 1.29 is 4.79 Å². The first-order valence-electron chi connectivity index (χ1n) is 8.42. The van der Waals surface area contributed by atoms with Crippen molar-refractivity contribution in [3.63, 3.8) is 0 Å². The highest BCUT2D eigenvalue weighted by Gasteiger charge is 2.48. The van der Waals surface area contributed by atoms with Gasteiger partial charge in [-0.05, 0) is 49.8 Å². The Morgan fingerprint density at radius 2 is 1.78 bits per heavy atom. The SMILES string of the molecule is CC12CCC3(C=C1CCC(=Cc1ccccc1)C2=O)SCCS3. The van der Waals surface area contributed by atoms with Crippen LogP contribution in [0.4, 0.5) is 0 Å². The quantitative estimate of drug-likeness (QED) is 0.507. The number of ketones is 1. The third-order valence-corrected chi connectivity index (χ3v) is 8.85. The lowest BCUT2D eigenvalue weighted by Gasteiger charge is -2.44. The van der Waals surface area contributed by atoms with E-state index in [2.05, 4.69) is 54.7 Å². The molecular formula is C20H22OS2. The van der Waals surface area contributed by atoms with Crippen LogP contribution in [0.3, 0.4) is 0 Å². The first kappa shape index (κ1) is 15.6. The van der Waals surface area contributed by atoms with Crippen molar-refractivity contribution in [2.24, 2.45) is 5.41 Å². The van der Waals surface area contributed by atoms with Crippen molar-refractivity contribution in [2.45, 2.75) is 36.7 Å². The van der Waals surface area contributed by atoms with Gasteiger partial charge in [0.2, 0.25) is 0 Å². The molecule has 1 spiro atoms. The second kappa shape index (κ2) is 5.86. The summed E-state index contributed by atoms with van der Waals surface area (Å²) in [6.45, 7) is 2.18. The molecule has 1 unspecified atom stereocenters. The summed E-state index contributed by atoms with van der Waals surface area (Å²) >= 11 is 4.17. The Morgan fingerprint density at radius 1 is 1.04 bits per heavy atom. The lowest BCUT2D eigenvalue weighted by atomic mass is 9.63. The molecule has 0 aromatic heterocycles. The summed E-state index contributed by atoms with van der Waals surface area (Å²) in [7, 11) is 0. The number of hydrogen-bond donors (Lipinski definition) is 0. The molecule has 120 valence electrons. The maximum Gasteiger partial charge on any atom is 0.168 e. The largest absolute Gasteiger partial charge is 0.294 e. The average molecular weight is 343 g/mol. The Hall–Kier alpha value is -0.930. The highest BCUT2D eigenvalue weighted by atomic mass is 32.2. The molecule has 1 aliphatic heterocycles. The van der Waals surface area contributed by atoms with Crippen molar-refractivity contribution in [1.82, 2.24) is 0 Å². The van der Waals surface area contributed by atoms with Crippen LogP contribution in [0, 0.1) is 5.41 Å². The van der Waals surface area contributed by atoms with Gasteiger partial charge in [-0.3, -0.25) is 4.79 Å². The Morgan fingerprint density at radius 3 is 2.52 bits per heavy atom. The van der Waals surface area contributed by atoms with Crippen molar-refractivity contribution in [3.05, 3.63) is 53.1 Å². The normalized spacial score (nSPS) is 31.3. The molecule has 4 rings (SSSR count). The lowest BCUT2D eigenvalue weighted by molar-refractivity contribution is -0.123. The van der Waals surface area contributed by atoms with Gasteiger partial charge in [-0.2, -0.15) is 0 Å². The number of carbonyl (C=O) groups is 1. The molecule has 2 fully saturated rings. The summed E-state index contributed by atoms with van der Waals surface area (Å²) in [5, 5.41) is 0. The fourth-order valence-corrected chi connectivity index (χ4v) is 7.15. The minimum absolute atomic E-state index is 0.256. The molecule has 1 saturated carbocycles. The van der Waals surface area contributed by atoms with Gasteiger partial charge in [0.25, 0.3) is 0 Å². The van der Waals surface area contributed by atoms with Crippen molar-refractivity contribution in [2.75, 3.05) is 11.5 Å². The van der Waals surface area contributed by atoms with Gasteiger partial charge in [-0.25, -0.2) is 0 Å². The van der Waals surface area contributed by atoms with Crippen LogP contribution >= 0.6 is 23.5 Å². The monoisotopic (exact) mass is 342 g/mol. The molecule has 0 radical (unpaired) electrons. The number of rotatable bonds is 1. The Kier molecular flexibility index (Phi) is 3.97. The molecule has 0 amide bonds. The number of Topliss-reactive ketones (excluding diaryl/α,β-unsaturated/α-hetero) is 1. The number of thioether (sulfide) groups is 2. The minimum atomic E-state index is -0.256. The zero-order chi connectivity index (χ0) is 15.9. The first-order valence-corrected chi connectivity index (χ1v) is 10.4. The van der Waals surface area contributed by atoms with Gasteiger partial charge in [0.1, 0.15) is 0 Å². The third kappa shape index (κ3) is 2.72. The molecule has 1 atom stereocenters. The molecule has 1 heterocycles. The number of carbonyl (C=O) groups excluding carboxylic acids is 1. The van der Waals surface area contributed by atoms with Crippen LogP contribution in [-0.2, 0) is 4.79 Å². The number of fused-ring (bicyclic) bond motifs is 1. The molecule has 23 heavy (non-hydrogen) atoms. The van der Waals surface area contributed by atoms with Crippen molar-refractivity contribution in [3.8, 4) is 0 Å². The van der Waals surface area contributed by atoms with Crippen LogP contribution in [0.2, 0.25) is 0 Å². The Bertz CT molecular complexity index is 683. The fourth-order valence-electron chi connectivity index (χ4n) is 4.01. The number of benzene rings is 1. The Balaban J connectivity index is 1.65. The van der Waals surface area contributed by atoms with Gasteiger partial charge in [0.15, 0.2) is 5.78 Å².